The molecule has 222 valence electrons. The highest BCUT2D eigenvalue weighted by molar-refractivity contribution is 5.79. The van der Waals surface area contributed by atoms with Crippen LogP contribution in [0.2, 0.25) is 0 Å². The molecule has 0 aromatic heterocycles. The summed E-state index contributed by atoms with van der Waals surface area (Å²) in [6, 6.07) is 5.72. The van der Waals surface area contributed by atoms with Gasteiger partial charge in [0.2, 0.25) is 18.6 Å². The van der Waals surface area contributed by atoms with Crippen LogP contribution in [0.25, 0.3) is 0 Å². The zero-order valence-corrected chi connectivity index (χ0v) is 24.4. The highest BCUT2D eigenvalue weighted by atomic mass is 16.7. The van der Waals surface area contributed by atoms with E-state index in [2.05, 4.69) is 20.8 Å². The predicted molar refractivity (Wildman–Crippen MR) is 152 cm³/mol. The van der Waals surface area contributed by atoms with E-state index in [-0.39, 0.29) is 41.8 Å². The molecule has 1 aromatic rings. The van der Waals surface area contributed by atoms with Gasteiger partial charge in [0.25, 0.3) is 0 Å². The van der Waals surface area contributed by atoms with E-state index in [1.165, 1.54) is 0 Å². The first kappa shape index (κ1) is 30.2. The Balaban J connectivity index is 1.58. The van der Waals surface area contributed by atoms with Crippen molar-refractivity contribution in [3.05, 3.63) is 23.8 Å². The summed E-state index contributed by atoms with van der Waals surface area (Å²) >= 11 is 0. The Labute approximate surface area is 238 Å². The molecule has 2 amide bonds. The van der Waals surface area contributed by atoms with Crippen molar-refractivity contribution in [2.45, 2.75) is 78.1 Å². The summed E-state index contributed by atoms with van der Waals surface area (Å²) in [4.78, 5) is 42.7. The van der Waals surface area contributed by atoms with Crippen molar-refractivity contribution in [2.24, 2.45) is 28.9 Å². The molecule has 40 heavy (non-hydrogen) atoms. The number of carboxylic acid groups (broad SMARTS) is 1. The van der Waals surface area contributed by atoms with Gasteiger partial charge in [-0.15, -0.1) is 0 Å². The highest BCUT2D eigenvalue weighted by Crippen LogP contribution is 2.47. The summed E-state index contributed by atoms with van der Waals surface area (Å²) in [6.45, 7) is 9.39. The average Bonchev–Trinajstić information content (AvgIpc) is 3.42. The van der Waals surface area contributed by atoms with Crippen LogP contribution in [0.4, 0.5) is 0 Å². The summed E-state index contributed by atoms with van der Waals surface area (Å²) in [5.41, 5.74) is 6.66. The van der Waals surface area contributed by atoms with E-state index in [4.69, 9.17) is 15.2 Å². The second-order valence-electron chi connectivity index (χ2n) is 12.7. The van der Waals surface area contributed by atoms with Crippen molar-refractivity contribution in [3.8, 4) is 11.5 Å². The predicted octanol–water partition coefficient (Wildman–Crippen LogP) is 4.24. The number of aliphatic carboxylic acids is 1. The molecule has 1 unspecified atom stereocenters. The number of fused-ring (bicyclic) bond motifs is 1. The van der Waals surface area contributed by atoms with E-state index in [1.807, 2.05) is 28.0 Å². The summed E-state index contributed by atoms with van der Waals surface area (Å²) in [6.07, 6.45) is 5.60. The summed E-state index contributed by atoms with van der Waals surface area (Å²) < 4.78 is 11.1. The van der Waals surface area contributed by atoms with Gasteiger partial charge in [0.1, 0.15) is 0 Å². The third kappa shape index (κ3) is 7.28. The zero-order valence-electron chi connectivity index (χ0n) is 24.4. The fraction of sp³-hybridized carbons (Fsp3) is 0.710. The van der Waals surface area contributed by atoms with Gasteiger partial charge in [-0.3, -0.25) is 14.4 Å². The van der Waals surface area contributed by atoms with Crippen molar-refractivity contribution >= 4 is 17.8 Å². The minimum absolute atomic E-state index is 0.0552. The largest absolute Gasteiger partial charge is 0.481 e. The summed E-state index contributed by atoms with van der Waals surface area (Å²) in [7, 11) is 0. The molecular weight excluding hydrogens is 510 g/mol. The topological polar surface area (TPSA) is 122 Å². The van der Waals surface area contributed by atoms with Crippen molar-refractivity contribution in [1.29, 1.82) is 0 Å². The third-order valence-electron chi connectivity index (χ3n) is 8.95. The average molecular weight is 558 g/mol. The Morgan fingerprint density at radius 1 is 1.18 bits per heavy atom. The molecule has 2 heterocycles. The van der Waals surface area contributed by atoms with Crippen LogP contribution in [0.3, 0.4) is 0 Å². The molecule has 3 N–H and O–H groups in total. The van der Waals surface area contributed by atoms with Gasteiger partial charge in [0, 0.05) is 45.6 Å². The number of unbranched alkanes of at least 4 members (excludes halogenated alkanes) is 1. The first-order valence-electron chi connectivity index (χ1n) is 15.0. The number of ether oxygens (including phenoxy) is 2. The maximum absolute atomic E-state index is 13.4. The van der Waals surface area contributed by atoms with Crippen LogP contribution in [-0.2, 0) is 14.4 Å². The second-order valence-corrected chi connectivity index (χ2v) is 12.7. The number of nitrogens with two attached hydrogens (primary N) is 1. The molecule has 9 heteroatoms. The van der Waals surface area contributed by atoms with Crippen LogP contribution in [0.15, 0.2) is 18.2 Å². The van der Waals surface area contributed by atoms with Gasteiger partial charge in [-0.25, -0.2) is 0 Å². The lowest BCUT2D eigenvalue weighted by Gasteiger charge is -2.31. The Hall–Kier alpha value is -2.81. The number of hydrogen-bond acceptors (Lipinski definition) is 6. The minimum Gasteiger partial charge on any atom is -0.481 e. The Bertz CT molecular complexity index is 1060. The van der Waals surface area contributed by atoms with Crippen molar-refractivity contribution in [2.75, 3.05) is 39.5 Å². The lowest BCUT2D eigenvalue weighted by Crippen LogP contribution is -2.37. The standard InChI is InChI=1S/C31H47N3O6/c1-4-5-12-33(14-11-32)27(35)16-21-6-7-22(10-13-34-19-31(2,3)18-28(34)36)29(30(37)38)24(15-21)23-8-9-25-26(17-23)40-20-39-25/h8-9,17,21-22,24,29H,4-7,10-16,18-20,32H2,1-3H3,(H,37,38)/t21?,22-,24+,29-/m0/s1. The lowest BCUT2D eigenvalue weighted by atomic mass is 9.74. The van der Waals surface area contributed by atoms with Gasteiger partial charge in [-0.05, 0) is 73.0 Å². The van der Waals surface area contributed by atoms with E-state index >= 15 is 0 Å². The molecule has 0 bridgehead atoms. The molecule has 1 saturated carbocycles. The molecule has 4 atom stereocenters. The van der Waals surface area contributed by atoms with Crippen molar-refractivity contribution in [3.63, 3.8) is 0 Å². The maximum atomic E-state index is 13.4. The molecule has 1 aliphatic carbocycles. The van der Waals surface area contributed by atoms with Crippen molar-refractivity contribution in [1.82, 2.24) is 9.80 Å². The summed E-state index contributed by atoms with van der Waals surface area (Å²) in [5.74, 6) is -0.219. The molecular formula is C31H47N3O6. The normalized spacial score (nSPS) is 25.6. The molecule has 1 saturated heterocycles. The number of likely N-dealkylation sites (tertiary alicyclic amines) is 1. The molecule has 2 aliphatic heterocycles. The number of benzene rings is 1. The van der Waals surface area contributed by atoms with Gasteiger partial charge < -0.3 is 30.1 Å². The third-order valence-corrected chi connectivity index (χ3v) is 8.95. The fourth-order valence-electron chi connectivity index (χ4n) is 6.90. The first-order chi connectivity index (χ1) is 19.1. The number of carboxylic acids is 1. The maximum Gasteiger partial charge on any atom is 0.307 e. The number of nitrogens with zero attached hydrogens (tertiary/aromatic N) is 2. The second kappa shape index (κ2) is 13.2. The van der Waals surface area contributed by atoms with E-state index < -0.39 is 11.9 Å². The van der Waals surface area contributed by atoms with Crippen LogP contribution in [0.5, 0.6) is 11.5 Å². The van der Waals surface area contributed by atoms with Crippen LogP contribution >= 0.6 is 0 Å². The number of rotatable bonds is 12. The Morgan fingerprint density at radius 2 is 1.95 bits per heavy atom. The van der Waals surface area contributed by atoms with Gasteiger partial charge >= 0.3 is 5.97 Å². The quantitative estimate of drug-likeness (QED) is 0.369. The Morgan fingerprint density at radius 3 is 2.62 bits per heavy atom. The molecule has 0 radical (unpaired) electrons. The van der Waals surface area contributed by atoms with Gasteiger partial charge in [-0.2, -0.15) is 0 Å². The highest BCUT2D eigenvalue weighted by Gasteiger charge is 2.42. The molecule has 9 nitrogen and oxygen atoms in total. The molecule has 2 fully saturated rings. The van der Waals surface area contributed by atoms with E-state index in [0.29, 0.717) is 76.3 Å². The number of hydrogen-bond donors (Lipinski definition) is 2. The van der Waals surface area contributed by atoms with E-state index in [1.54, 1.807) is 0 Å². The van der Waals surface area contributed by atoms with Crippen LogP contribution in [-0.4, -0.2) is 72.2 Å². The first-order valence-corrected chi connectivity index (χ1v) is 15.0. The van der Waals surface area contributed by atoms with Gasteiger partial charge in [0.05, 0.1) is 5.92 Å². The van der Waals surface area contributed by atoms with Crippen LogP contribution in [0, 0.1) is 23.2 Å². The number of carbonyl (C=O) groups is 3. The number of amides is 2. The van der Waals surface area contributed by atoms with Crippen molar-refractivity contribution < 1.29 is 29.0 Å². The molecule has 4 rings (SSSR count). The van der Waals surface area contributed by atoms with Crippen LogP contribution in [0.1, 0.15) is 83.6 Å². The summed E-state index contributed by atoms with van der Waals surface area (Å²) in [5, 5.41) is 10.6. The van der Waals surface area contributed by atoms with Gasteiger partial charge in [-0.1, -0.05) is 33.3 Å². The van der Waals surface area contributed by atoms with Gasteiger partial charge in [0.15, 0.2) is 11.5 Å². The van der Waals surface area contributed by atoms with E-state index in [0.717, 1.165) is 24.8 Å². The smallest absolute Gasteiger partial charge is 0.307 e. The lowest BCUT2D eigenvalue weighted by molar-refractivity contribution is -0.144. The molecule has 0 spiro atoms. The van der Waals surface area contributed by atoms with Crippen LogP contribution < -0.4 is 15.2 Å². The monoisotopic (exact) mass is 557 g/mol. The fourth-order valence-corrected chi connectivity index (χ4v) is 6.90. The minimum atomic E-state index is -0.819. The molecule has 3 aliphatic rings. The SMILES string of the molecule is CCCCN(CCN)C(=O)CC1CC[C@@H](CCN2CC(C)(C)CC2=O)[C@H](C(=O)O)[C@@H](c2ccc3c(c2)OCO3)C1. The molecule has 1 aromatic carbocycles. The Kier molecular flexibility index (Phi) is 9.98. The number of carbonyl (C=O) groups excluding carboxylic acids is 2. The zero-order chi connectivity index (χ0) is 28.9. The van der Waals surface area contributed by atoms with E-state index in [9.17, 15) is 19.5 Å².